The predicted molar refractivity (Wildman–Crippen MR) is 130 cm³/mol. The molecule has 212 valence electrons. The number of hydrogen-bond donors (Lipinski definition) is 2. The third kappa shape index (κ3) is 11.4. The van der Waals surface area contributed by atoms with Crippen LogP contribution < -0.4 is 10.1 Å². The summed E-state index contributed by atoms with van der Waals surface area (Å²) in [6, 6.07) is 4.49. The van der Waals surface area contributed by atoms with Gasteiger partial charge < -0.3 is 24.8 Å². The van der Waals surface area contributed by atoms with Gasteiger partial charge in [-0.15, -0.1) is 0 Å². The molecular weight excluding hydrogens is 543 g/mol. The number of carboxylic acid groups (broad SMARTS) is 1. The van der Waals surface area contributed by atoms with Gasteiger partial charge in [0.25, 0.3) is 0 Å². The van der Waals surface area contributed by atoms with Crippen molar-refractivity contribution < 1.29 is 45.8 Å². The summed E-state index contributed by atoms with van der Waals surface area (Å²) in [4.78, 5) is 23.2. The maximum atomic E-state index is 13.4. The number of carbonyl (C=O) groups is 2. The molecule has 2 rings (SSSR count). The number of hydrogen-bond acceptors (Lipinski definition) is 7. The number of sulfonamides is 1. The molecule has 1 amide bonds. The Morgan fingerprint density at radius 1 is 1.22 bits per heavy atom. The van der Waals surface area contributed by atoms with Crippen LogP contribution >= 0.6 is 11.6 Å². The molecule has 1 aliphatic heterocycles. The zero-order chi connectivity index (χ0) is 28.2. The van der Waals surface area contributed by atoms with Crippen LogP contribution in [0.5, 0.6) is 5.75 Å². The second-order valence-electron chi connectivity index (χ2n) is 8.16. The van der Waals surface area contributed by atoms with E-state index in [1.165, 1.54) is 23.5 Å². The maximum Gasteiger partial charge on any atom is 0.490 e. The number of aliphatic carboxylic acids is 1. The second kappa shape index (κ2) is 15.3. The third-order valence-electron chi connectivity index (χ3n) is 5.03. The fraction of sp³-hybridized carbons (Fsp3) is 0.636. The zero-order valence-corrected chi connectivity index (χ0v) is 22.5. The number of nitrogens with zero attached hydrogens (tertiary/aromatic N) is 2. The second-order valence-corrected chi connectivity index (χ2v) is 10.5. The van der Waals surface area contributed by atoms with Crippen LogP contribution in [0.25, 0.3) is 0 Å². The highest BCUT2D eigenvalue weighted by Gasteiger charge is 2.38. The number of ether oxygens (including phenoxy) is 2. The number of alkyl halides is 3. The molecule has 0 atom stereocenters. The summed E-state index contributed by atoms with van der Waals surface area (Å²) in [5.74, 6) is -2.59. The molecule has 0 bridgehead atoms. The fourth-order valence-electron chi connectivity index (χ4n) is 3.20. The highest BCUT2D eigenvalue weighted by Crippen LogP contribution is 2.30. The number of carboxylic acids is 1. The normalized spacial score (nSPS) is 14.4. The minimum absolute atomic E-state index is 0.00287. The molecule has 10 nitrogen and oxygen atoms in total. The van der Waals surface area contributed by atoms with Crippen LogP contribution in [0.2, 0.25) is 5.02 Å². The van der Waals surface area contributed by atoms with E-state index in [0.717, 1.165) is 13.1 Å². The summed E-state index contributed by atoms with van der Waals surface area (Å²) in [5.41, 5.74) is 0. The van der Waals surface area contributed by atoms with Crippen molar-refractivity contribution in [1.82, 2.24) is 14.5 Å². The topological polar surface area (TPSA) is 125 Å². The van der Waals surface area contributed by atoms with E-state index in [0.29, 0.717) is 31.1 Å². The summed E-state index contributed by atoms with van der Waals surface area (Å²) in [7, 11) is -2.49. The quantitative estimate of drug-likeness (QED) is 0.386. The molecule has 0 radical (unpaired) electrons. The van der Waals surface area contributed by atoms with Crippen molar-refractivity contribution >= 4 is 33.5 Å². The molecule has 0 saturated carbocycles. The summed E-state index contributed by atoms with van der Waals surface area (Å²) in [6.07, 6.45) is -4.38. The Labute approximate surface area is 219 Å². The monoisotopic (exact) mass is 575 g/mol. The molecule has 0 spiro atoms. The van der Waals surface area contributed by atoms with Crippen molar-refractivity contribution in [2.24, 2.45) is 0 Å². The van der Waals surface area contributed by atoms with E-state index in [9.17, 15) is 26.4 Å². The van der Waals surface area contributed by atoms with E-state index in [1.807, 2.05) is 13.8 Å². The minimum Gasteiger partial charge on any atom is -0.495 e. The van der Waals surface area contributed by atoms with Crippen LogP contribution in [0.15, 0.2) is 23.1 Å². The van der Waals surface area contributed by atoms with Crippen molar-refractivity contribution in [1.29, 1.82) is 0 Å². The highest BCUT2D eigenvalue weighted by atomic mass is 35.5. The van der Waals surface area contributed by atoms with Gasteiger partial charge in [0.05, 0.1) is 13.2 Å². The number of amides is 1. The molecule has 1 heterocycles. The Balaban J connectivity index is 0.000000856. The van der Waals surface area contributed by atoms with Gasteiger partial charge in [0.2, 0.25) is 15.9 Å². The first kappa shape index (κ1) is 32.9. The Morgan fingerprint density at radius 2 is 1.81 bits per heavy atom. The largest absolute Gasteiger partial charge is 0.495 e. The van der Waals surface area contributed by atoms with Crippen LogP contribution in [-0.2, 0) is 24.3 Å². The van der Waals surface area contributed by atoms with Gasteiger partial charge >= 0.3 is 12.1 Å². The summed E-state index contributed by atoms with van der Waals surface area (Å²) in [5, 5.41) is 10.6. The standard InChI is InChI=1S/C20H32ClN3O5S.C2HF3O2/c1-16(2)29-14-4-10-24(11-7-20(25)23-12-8-22-9-13-23)30(26,27)19-15-17(21)5-6-18(19)28-3;3-2(4,5)1(6)7/h5-6,15-16,22H,4,7-14H2,1-3H3;(H,6,7). The van der Waals surface area contributed by atoms with Gasteiger partial charge in [-0.1, -0.05) is 11.6 Å². The average molecular weight is 576 g/mol. The van der Waals surface area contributed by atoms with E-state index in [4.69, 9.17) is 31.0 Å². The van der Waals surface area contributed by atoms with Gasteiger partial charge in [0.15, 0.2) is 0 Å². The van der Waals surface area contributed by atoms with E-state index < -0.39 is 22.2 Å². The van der Waals surface area contributed by atoms with Crippen LogP contribution in [0.1, 0.15) is 26.7 Å². The Bertz CT molecular complexity index is 988. The van der Waals surface area contributed by atoms with Gasteiger partial charge in [0.1, 0.15) is 10.6 Å². The fourth-order valence-corrected chi connectivity index (χ4v) is 5.09. The number of rotatable bonds is 11. The van der Waals surface area contributed by atoms with Crippen LogP contribution in [0.4, 0.5) is 13.2 Å². The minimum atomic E-state index is -5.08. The van der Waals surface area contributed by atoms with Gasteiger partial charge in [-0.05, 0) is 38.5 Å². The third-order valence-corrected chi connectivity index (χ3v) is 7.19. The van der Waals surface area contributed by atoms with Crippen molar-refractivity contribution in [2.45, 2.75) is 43.9 Å². The molecule has 0 aromatic heterocycles. The molecule has 2 N–H and O–H groups in total. The highest BCUT2D eigenvalue weighted by molar-refractivity contribution is 7.89. The number of methoxy groups -OCH3 is 1. The maximum absolute atomic E-state index is 13.4. The lowest BCUT2D eigenvalue weighted by atomic mass is 10.3. The Morgan fingerprint density at radius 3 is 2.32 bits per heavy atom. The van der Waals surface area contributed by atoms with Gasteiger partial charge in [0, 0.05) is 57.3 Å². The van der Waals surface area contributed by atoms with Crippen molar-refractivity contribution in [2.75, 3.05) is 53.0 Å². The van der Waals surface area contributed by atoms with Crippen molar-refractivity contribution in [3.05, 3.63) is 23.2 Å². The first-order chi connectivity index (χ1) is 17.2. The molecule has 1 aliphatic rings. The lowest BCUT2D eigenvalue weighted by molar-refractivity contribution is -0.192. The number of carbonyl (C=O) groups excluding carboxylic acids is 1. The van der Waals surface area contributed by atoms with E-state index >= 15 is 0 Å². The lowest BCUT2D eigenvalue weighted by Crippen LogP contribution is -2.47. The first-order valence-corrected chi connectivity index (χ1v) is 13.3. The van der Waals surface area contributed by atoms with E-state index in [2.05, 4.69) is 5.32 Å². The molecule has 1 fully saturated rings. The molecule has 0 unspecified atom stereocenters. The Hall–Kier alpha value is -2.13. The Kier molecular flexibility index (Phi) is 13.6. The summed E-state index contributed by atoms with van der Waals surface area (Å²) in [6.45, 7) is 7.38. The molecule has 1 aromatic carbocycles. The van der Waals surface area contributed by atoms with E-state index in [1.54, 1.807) is 11.0 Å². The van der Waals surface area contributed by atoms with Crippen LogP contribution in [0.3, 0.4) is 0 Å². The lowest BCUT2D eigenvalue weighted by Gasteiger charge is -2.29. The number of halogens is 4. The number of benzene rings is 1. The summed E-state index contributed by atoms with van der Waals surface area (Å²) < 4.78 is 70.6. The molecule has 15 heteroatoms. The smallest absolute Gasteiger partial charge is 0.490 e. The molecule has 1 aromatic rings. The van der Waals surface area contributed by atoms with Crippen molar-refractivity contribution in [3.63, 3.8) is 0 Å². The van der Waals surface area contributed by atoms with Crippen molar-refractivity contribution in [3.8, 4) is 5.75 Å². The van der Waals surface area contributed by atoms with Crippen LogP contribution in [-0.4, -0.2) is 99.9 Å². The van der Waals surface area contributed by atoms with Gasteiger partial charge in [-0.2, -0.15) is 17.5 Å². The number of piperazine rings is 1. The van der Waals surface area contributed by atoms with Gasteiger partial charge in [-0.3, -0.25) is 4.79 Å². The molecular formula is C22H33ClF3N3O7S. The SMILES string of the molecule is COc1ccc(Cl)cc1S(=O)(=O)N(CCCOC(C)C)CCC(=O)N1CCNCC1.O=C(O)C(F)(F)F. The molecule has 37 heavy (non-hydrogen) atoms. The zero-order valence-electron chi connectivity index (χ0n) is 20.9. The summed E-state index contributed by atoms with van der Waals surface area (Å²) >= 11 is 6.05. The number of nitrogens with one attached hydrogen (secondary N) is 1. The van der Waals surface area contributed by atoms with Crippen LogP contribution in [0, 0.1) is 0 Å². The average Bonchev–Trinajstić information content (AvgIpc) is 2.83. The predicted octanol–water partition coefficient (Wildman–Crippen LogP) is 2.61. The van der Waals surface area contributed by atoms with E-state index in [-0.39, 0.29) is 42.2 Å². The molecule has 0 aliphatic carbocycles. The first-order valence-electron chi connectivity index (χ1n) is 11.4. The van der Waals surface area contributed by atoms with Gasteiger partial charge in [-0.25, -0.2) is 13.2 Å². The molecule has 1 saturated heterocycles.